The zero-order valence-electron chi connectivity index (χ0n) is 18.1. The third-order valence-corrected chi connectivity index (χ3v) is 6.36. The van der Waals surface area contributed by atoms with E-state index in [0.717, 1.165) is 37.2 Å². The van der Waals surface area contributed by atoms with Crippen molar-refractivity contribution < 1.29 is 13.9 Å². The fourth-order valence-electron chi connectivity index (χ4n) is 4.50. The van der Waals surface area contributed by atoms with E-state index in [1.54, 1.807) is 13.2 Å². The van der Waals surface area contributed by atoms with Gasteiger partial charge >= 0.3 is 0 Å². The highest BCUT2D eigenvalue weighted by atomic mass is 19.1. The predicted molar refractivity (Wildman–Crippen MR) is 121 cm³/mol. The van der Waals surface area contributed by atoms with Gasteiger partial charge in [0.1, 0.15) is 11.6 Å². The molecule has 5 heteroatoms. The van der Waals surface area contributed by atoms with Gasteiger partial charge in [0.25, 0.3) is 0 Å². The second kappa shape index (κ2) is 9.48. The number of nitrogens with one attached hydrogen (secondary N) is 1. The van der Waals surface area contributed by atoms with Crippen molar-refractivity contribution in [3.05, 3.63) is 77.6 Å². The normalized spacial score (nSPS) is 16.2. The van der Waals surface area contributed by atoms with Crippen molar-refractivity contribution in [3.8, 4) is 5.75 Å². The molecule has 3 aromatic rings. The summed E-state index contributed by atoms with van der Waals surface area (Å²) in [6.07, 6.45) is 1.64. The Kier molecular flexibility index (Phi) is 6.52. The fourth-order valence-corrected chi connectivity index (χ4v) is 4.50. The van der Waals surface area contributed by atoms with Crippen LogP contribution in [0.2, 0.25) is 0 Å². The van der Waals surface area contributed by atoms with Gasteiger partial charge < -0.3 is 10.1 Å². The van der Waals surface area contributed by atoms with Gasteiger partial charge in [0.15, 0.2) is 0 Å². The van der Waals surface area contributed by atoms with Crippen LogP contribution in [0.25, 0.3) is 10.8 Å². The van der Waals surface area contributed by atoms with Crippen molar-refractivity contribution in [1.29, 1.82) is 0 Å². The number of piperidine rings is 1. The lowest BCUT2D eigenvalue weighted by Crippen LogP contribution is -2.41. The SMILES string of the molecule is COc1cc(C(C)N2CCC(C(=O)NCc3cccc(F)c3)CC2)c2ccccc2c1. The average Bonchev–Trinajstić information content (AvgIpc) is 2.81. The Bertz CT molecular complexity index is 1060. The van der Waals surface area contributed by atoms with Crippen molar-refractivity contribution in [2.45, 2.75) is 32.4 Å². The van der Waals surface area contributed by atoms with E-state index in [1.807, 2.05) is 12.1 Å². The minimum atomic E-state index is -0.279. The minimum absolute atomic E-state index is 0.000868. The molecule has 0 saturated carbocycles. The van der Waals surface area contributed by atoms with Gasteiger partial charge in [-0.1, -0.05) is 36.4 Å². The van der Waals surface area contributed by atoms with Crippen LogP contribution in [-0.2, 0) is 11.3 Å². The van der Waals surface area contributed by atoms with Crippen LogP contribution in [0.4, 0.5) is 4.39 Å². The second-order valence-corrected chi connectivity index (χ2v) is 8.27. The first-order valence-corrected chi connectivity index (χ1v) is 10.9. The van der Waals surface area contributed by atoms with Crippen molar-refractivity contribution in [3.63, 3.8) is 0 Å². The van der Waals surface area contributed by atoms with E-state index in [2.05, 4.69) is 47.5 Å². The van der Waals surface area contributed by atoms with Crippen molar-refractivity contribution in [1.82, 2.24) is 10.2 Å². The molecule has 1 fully saturated rings. The quantitative estimate of drug-likeness (QED) is 0.605. The number of carbonyl (C=O) groups excluding carboxylic acids is 1. The highest BCUT2D eigenvalue weighted by Gasteiger charge is 2.28. The van der Waals surface area contributed by atoms with Crippen LogP contribution in [0.1, 0.15) is 36.9 Å². The first kappa shape index (κ1) is 21.3. The minimum Gasteiger partial charge on any atom is -0.497 e. The van der Waals surface area contributed by atoms with Crippen LogP contribution in [0, 0.1) is 11.7 Å². The number of carbonyl (C=O) groups is 1. The number of hydrogen-bond acceptors (Lipinski definition) is 3. The molecule has 0 radical (unpaired) electrons. The molecule has 4 nitrogen and oxygen atoms in total. The Morgan fingerprint density at radius 1 is 1.13 bits per heavy atom. The topological polar surface area (TPSA) is 41.6 Å². The van der Waals surface area contributed by atoms with Crippen LogP contribution < -0.4 is 10.1 Å². The first-order chi connectivity index (χ1) is 15.0. The van der Waals surface area contributed by atoms with Crippen molar-refractivity contribution >= 4 is 16.7 Å². The van der Waals surface area contributed by atoms with E-state index in [4.69, 9.17) is 4.74 Å². The Morgan fingerprint density at radius 2 is 1.90 bits per heavy atom. The zero-order valence-corrected chi connectivity index (χ0v) is 18.1. The first-order valence-electron chi connectivity index (χ1n) is 10.9. The number of ether oxygens (including phenoxy) is 1. The summed E-state index contributed by atoms with van der Waals surface area (Å²) in [5.41, 5.74) is 2.04. The molecule has 1 unspecified atom stereocenters. The Hall–Kier alpha value is -2.92. The number of hydrogen-bond donors (Lipinski definition) is 1. The van der Waals surface area contributed by atoms with E-state index >= 15 is 0 Å². The van der Waals surface area contributed by atoms with Gasteiger partial charge in [-0.25, -0.2) is 4.39 Å². The zero-order chi connectivity index (χ0) is 21.8. The van der Waals surface area contributed by atoms with E-state index in [1.165, 1.54) is 28.5 Å². The lowest BCUT2D eigenvalue weighted by Gasteiger charge is -2.36. The van der Waals surface area contributed by atoms with Crippen LogP contribution in [-0.4, -0.2) is 31.0 Å². The van der Waals surface area contributed by atoms with Gasteiger partial charge in [0, 0.05) is 18.5 Å². The number of halogens is 1. The molecule has 1 aliphatic heterocycles. The molecule has 4 rings (SSSR count). The highest BCUT2D eigenvalue weighted by Crippen LogP contribution is 2.34. The summed E-state index contributed by atoms with van der Waals surface area (Å²) in [6, 6.07) is 19.2. The Morgan fingerprint density at radius 3 is 2.65 bits per heavy atom. The maximum Gasteiger partial charge on any atom is 0.223 e. The number of methoxy groups -OCH3 is 1. The monoisotopic (exact) mass is 420 g/mol. The summed E-state index contributed by atoms with van der Waals surface area (Å²) in [4.78, 5) is 15.1. The Labute approximate surface area is 183 Å². The van der Waals surface area contributed by atoms with Gasteiger partial charge in [-0.3, -0.25) is 9.69 Å². The highest BCUT2D eigenvalue weighted by molar-refractivity contribution is 5.87. The van der Waals surface area contributed by atoms with Gasteiger partial charge in [-0.2, -0.15) is 0 Å². The van der Waals surface area contributed by atoms with Crippen molar-refractivity contribution in [2.75, 3.05) is 20.2 Å². The van der Waals surface area contributed by atoms with Crippen LogP contribution in [0.5, 0.6) is 5.75 Å². The number of benzene rings is 3. The molecule has 31 heavy (non-hydrogen) atoms. The molecule has 1 saturated heterocycles. The smallest absolute Gasteiger partial charge is 0.223 e. The number of likely N-dealkylation sites (tertiary alicyclic amines) is 1. The summed E-state index contributed by atoms with van der Waals surface area (Å²) in [6.45, 7) is 4.32. The molecule has 162 valence electrons. The van der Waals surface area contributed by atoms with E-state index in [9.17, 15) is 9.18 Å². The van der Waals surface area contributed by atoms with Crippen molar-refractivity contribution in [2.24, 2.45) is 5.92 Å². The predicted octanol–water partition coefficient (Wildman–Crippen LogP) is 5.08. The summed E-state index contributed by atoms with van der Waals surface area (Å²) >= 11 is 0. The molecule has 0 spiro atoms. The lowest BCUT2D eigenvalue weighted by molar-refractivity contribution is -0.126. The number of amides is 1. The molecular weight excluding hydrogens is 391 g/mol. The second-order valence-electron chi connectivity index (χ2n) is 8.27. The Balaban J connectivity index is 1.38. The molecule has 3 aromatic carbocycles. The lowest BCUT2D eigenvalue weighted by atomic mass is 9.92. The van der Waals surface area contributed by atoms with Crippen LogP contribution >= 0.6 is 0 Å². The molecule has 1 atom stereocenters. The molecule has 0 bridgehead atoms. The average molecular weight is 421 g/mol. The molecular formula is C26H29FN2O2. The molecule has 1 amide bonds. The number of rotatable bonds is 6. The van der Waals surface area contributed by atoms with Gasteiger partial charge in [0.05, 0.1) is 7.11 Å². The number of nitrogens with zero attached hydrogens (tertiary/aromatic N) is 1. The maximum absolute atomic E-state index is 13.3. The summed E-state index contributed by atoms with van der Waals surface area (Å²) in [5, 5.41) is 5.39. The maximum atomic E-state index is 13.3. The standard InChI is InChI=1S/C26H29FN2O2/c1-18(25-16-23(31-2)15-21-7-3-4-9-24(21)25)29-12-10-20(11-13-29)26(30)28-17-19-6-5-8-22(27)14-19/h3-9,14-16,18,20H,10-13,17H2,1-2H3,(H,28,30). The molecule has 1 N–H and O–H groups in total. The molecule has 0 aromatic heterocycles. The van der Waals surface area contributed by atoms with E-state index in [-0.39, 0.29) is 23.7 Å². The molecule has 1 heterocycles. The van der Waals surface area contributed by atoms with Crippen LogP contribution in [0.15, 0.2) is 60.7 Å². The van der Waals surface area contributed by atoms with Gasteiger partial charge in [-0.15, -0.1) is 0 Å². The van der Waals surface area contributed by atoms with E-state index in [0.29, 0.717) is 6.54 Å². The molecule has 1 aliphatic rings. The number of fused-ring (bicyclic) bond motifs is 1. The molecule has 0 aliphatic carbocycles. The third kappa shape index (κ3) is 4.88. The summed E-state index contributed by atoms with van der Waals surface area (Å²) in [5.74, 6) is 0.647. The summed E-state index contributed by atoms with van der Waals surface area (Å²) in [7, 11) is 1.70. The third-order valence-electron chi connectivity index (χ3n) is 6.36. The van der Waals surface area contributed by atoms with Crippen LogP contribution in [0.3, 0.4) is 0 Å². The van der Waals surface area contributed by atoms with Gasteiger partial charge in [0.2, 0.25) is 5.91 Å². The fraction of sp³-hybridized carbons (Fsp3) is 0.346. The largest absolute Gasteiger partial charge is 0.497 e. The van der Waals surface area contributed by atoms with E-state index < -0.39 is 0 Å². The van der Waals surface area contributed by atoms with Gasteiger partial charge in [-0.05, 0) is 79.0 Å². The summed E-state index contributed by atoms with van der Waals surface area (Å²) < 4.78 is 18.8.